The van der Waals surface area contributed by atoms with Gasteiger partial charge in [0.05, 0.1) is 5.56 Å². The molecule has 204 valence electrons. The van der Waals surface area contributed by atoms with Gasteiger partial charge in [-0.2, -0.15) is 13.2 Å². The summed E-state index contributed by atoms with van der Waals surface area (Å²) < 4.78 is 48.6. The summed E-state index contributed by atoms with van der Waals surface area (Å²) in [5.41, 5.74) is 4.27. The van der Waals surface area contributed by atoms with Crippen LogP contribution in [0.15, 0.2) is 108 Å². The topological polar surface area (TPSA) is 9.23 Å². The van der Waals surface area contributed by atoms with Gasteiger partial charge in [0.2, 0.25) is 0 Å². The van der Waals surface area contributed by atoms with Crippen LogP contribution in [0.4, 0.5) is 13.2 Å². The first-order valence-electron chi connectivity index (χ1n) is 13.5. The second-order valence-electron chi connectivity index (χ2n) is 11.2. The second-order valence-corrected chi connectivity index (χ2v) is 12.1. The zero-order valence-corrected chi connectivity index (χ0v) is 23.7. The molecule has 5 heteroatoms. The first-order chi connectivity index (χ1) is 19.6. The Morgan fingerprint density at radius 3 is 2.10 bits per heavy atom. The lowest BCUT2D eigenvalue weighted by molar-refractivity contribution is -0.137. The number of alkyl halides is 3. The lowest BCUT2D eigenvalue weighted by Gasteiger charge is -2.38. The predicted molar refractivity (Wildman–Crippen MR) is 162 cm³/mol. The van der Waals surface area contributed by atoms with E-state index in [0.717, 1.165) is 54.8 Å². The molecule has 0 N–H and O–H groups in total. The van der Waals surface area contributed by atoms with Gasteiger partial charge in [0.25, 0.3) is 0 Å². The molecule has 0 bridgehead atoms. The number of rotatable bonds is 3. The third-order valence-electron chi connectivity index (χ3n) is 8.59. The first-order valence-corrected chi connectivity index (χ1v) is 14.8. The van der Waals surface area contributed by atoms with E-state index in [-0.39, 0.29) is 0 Å². The van der Waals surface area contributed by atoms with Crippen LogP contribution in [0.2, 0.25) is 0 Å². The molecule has 5 aromatic carbocycles. The van der Waals surface area contributed by atoms with E-state index in [9.17, 15) is 13.2 Å². The minimum absolute atomic E-state index is 0.626. The lowest BCUT2D eigenvalue weighted by Crippen LogP contribution is -2.35. The summed E-state index contributed by atoms with van der Waals surface area (Å²) in [5.74, 6) is 0.747. The molecule has 0 fully saturated rings. The summed E-state index contributed by atoms with van der Waals surface area (Å²) >= 11 is 1.69. The second kappa shape index (κ2) is 9.02. The van der Waals surface area contributed by atoms with Crippen LogP contribution < -0.4 is 4.74 Å². The Kier molecular flexibility index (Phi) is 5.71. The molecule has 1 aliphatic carbocycles. The molecule has 2 aliphatic rings. The molecule has 1 nitrogen and oxygen atoms in total. The molecular formula is C36H27F3OS. The smallest absolute Gasteiger partial charge is 0.416 e. The van der Waals surface area contributed by atoms with E-state index in [1.54, 1.807) is 17.8 Å². The minimum Gasteiger partial charge on any atom is -0.472 e. The SMILES string of the molecule is CSc1ccc(C2(c3ccccc3)C=Cc3c4c(c5ccccc5c3O2)-c2ccc(C(F)(F)F)cc2C4(C)C)cc1. The van der Waals surface area contributed by atoms with Gasteiger partial charge in [-0.15, -0.1) is 11.8 Å². The van der Waals surface area contributed by atoms with Crippen molar-refractivity contribution >= 4 is 28.6 Å². The molecule has 0 aromatic heterocycles. The van der Waals surface area contributed by atoms with Crippen molar-refractivity contribution in [1.29, 1.82) is 0 Å². The number of fused-ring (bicyclic) bond motifs is 8. The van der Waals surface area contributed by atoms with E-state index in [1.165, 1.54) is 12.1 Å². The number of benzene rings is 5. The number of hydrogen-bond acceptors (Lipinski definition) is 2. The van der Waals surface area contributed by atoms with Crippen LogP contribution in [0.3, 0.4) is 0 Å². The molecule has 1 unspecified atom stereocenters. The van der Waals surface area contributed by atoms with E-state index in [4.69, 9.17) is 4.74 Å². The van der Waals surface area contributed by atoms with Crippen LogP contribution >= 0.6 is 11.8 Å². The Morgan fingerprint density at radius 1 is 0.756 bits per heavy atom. The quantitative estimate of drug-likeness (QED) is 0.202. The van der Waals surface area contributed by atoms with Crippen molar-refractivity contribution in [1.82, 2.24) is 0 Å². The van der Waals surface area contributed by atoms with Gasteiger partial charge >= 0.3 is 6.18 Å². The molecule has 0 radical (unpaired) electrons. The zero-order valence-electron chi connectivity index (χ0n) is 22.8. The highest BCUT2D eigenvalue weighted by atomic mass is 32.2. The van der Waals surface area contributed by atoms with Gasteiger partial charge in [0, 0.05) is 32.4 Å². The van der Waals surface area contributed by atoms with Crippen molar-refractivity contribution in [3.05, 3.63) is 137 Å². The van der Waals surface area contributed by atoms with Gasteiger partial charge in [0.15, 0.2) is 5.60 Å². The molecule has 1 aliphatic heterocycles. The molecular weight excluding hydrogens is 537 g/mol. The van der Waals surface area contributed by atoms with E-state index in [2.05, 4.69) is 66.9 Å². The lowest BCUT2D eigenvalue weighted by atomic mass is 9.76. The van der Waals surface area contributed by atoms with Crippen LogP contribution in [-0.2, 0) is 17.2 Å². The van der Waals surface area contributed by atoms with Crippen LogP contribution in [-0.4, -0.2) is 6.26 Å². The third kappa shape index (κ3) is 3.78. The minimum atomic E-state index is -4.41. The van der Waals surface area contributed by atoms with E-state index in [1.807, 2.05) is 44.2 Å². The zero-order chi connectivity index (χ0) is 28.6. The highest BCUT2D eigenvalue weighted by Crippen LogP contribution is 2.58. The van der Waals surface area contributed by atoms with E-state index >= 15 is 0 Å². The predicted octanol–water partition coefficient (Wildman–Crippen LogP) is 10.2. The highest BCUT2D eigenvalue weighted by Gasteiger charge is 2.45. The van der Waals surface area contributed by atoms with Crippen molar-refractivity contribution in [2.24, 2.45) is 0 Å². The fourth-order valence-corrected chi connectivity index (χ4v) is 7.02. The maximum absolute atomic E-state index is 13.8. The molecule has 0 saturated heterocycles. The highest BCUT2D eigenvalue weighted by molar-refractivity contribution is 7.98. The van der Waals surface area contributed by atoms with Gasteiger partial charge in [-0.1, -0.05) is 92.7 Å². The summed E-state index contributed by atoms with van der Waals surface area (Å²) in [7, 11) is 0. The number of thioether (sulfide) groups is 1. The molecule has 1 heterocycles. The average molecular weight is 565 g/mol. The summed E-state index contributed by atoms with van der Waals surface area (Å²) in [6.07, 6.45) is 1.87. The first kappa shape index (κ1) is 26.0. The average Bonchev–Trinajstić information content (AvgIpc) is 3.23. The van der Waals surface area contributed by atoms with Gasteiger partial charge < -0.3 is 4.74 Å². The number of hydrogen-bond donors (Lipinski definition) is 0. The molecule has 7 rings (SSSR count). The molecule has 0 spiro atoms. The number of ether oxygens (including phenoxy) is 1. The van der Waals surface area contributed by atoms with Gasteiger partial charge in [-0.3, -0.25) is 0 Å². The molecule has 0 amide bonds. The van der Waals surface area contributed by atoms with E-state index < -0.39 is 22.8 Å². The Morgan fingerprint density at radius 2 is 1.41 bits per heavy atom. The summed E-state index contributed by atoms with van der Waals surface area (Å²) in [5, 5.41) is 1.91. The standard InChI is InChI=1S/C36H27F3OS/c1-34(2)30-21-24(36(37,38)39)15-18-28(30)31-26-11-7-8-12-27(26)33-29(32(31)34)19-20-35(40-33,22-9-5-4-6-10-22)23-13-16-25(41-3)17-14-23/h4-21H,1-3H3. The Hall–Kier alpha value is -3.96. The largest absolute Gasteiger partial charge is 0.472 e. The molecule has 0 saturated carbocycles. The Balaban J connectivity index is 1.52. The van der Waals surface area contributed by atoms with Crippen molar-refractivity contribution in [3.8, 4) is 16.9 Å². The fourth-order valence-electron chi connectivity index (χ4n) is 6.61. The maximum Gasteiger partial charge on any atom is 0.416 e. The Bertz CT molecular complexity index is 1850. The van der Waals surface area contributed by atoms with Crippen molar-refractivity contribution in [3.63, 3.8) is 0 Å². The van der Waals surface area contributed by atoms with Crippen molar-refractivity contribution < 1.29 is 17.9 Å². The summed E-state index contributed by atoms with van der Waals surface area (Å²) in [6.45, 7) is 4.03. The van der Waals surface area contributed by atoms with E-state index in [0.29, 0.717) is 5.56 Å². The fraction of sp³-hybridized carbons (Fsp3) is 0.167. The summed E-state index contributed by atoms with van der Waals surface area (Å²) in [4.78, 5) is 1.16. The van der Waals surface area contributed by atoms with Crippen LogP contribution in [0, 0.1) is 0 Å². The summed E-state index contributed by atoms with van der Waals surface area (Å²) in [6, 6.07) is 30.8. The van der Waals surface area contributed by atoms with Crippen LogP contribution in [0.5, 0.6) is 5.75 Å². The van der Waals surface area contributed by atoms with Crippen molar-refractivity contribution in [2.45, 2.75) is 35.9 Å². The van der Waals surface area contributed by atoms with Crippen LogP contribution in [0.25, 0.3) is 28.0 Å². The third-order valence-corrected chi connectivity index (χ3v) is 9.33. The number of halogens is 3. The van der Waals surface area contributed by atoms with Gasteiger partial charge in [-0.05, 0) is 64.2 Å². The monoisotopic (exact) mass is 564 g/mol. The van der Waals surface area contributed by atoms with Crippen LogP contribution in [0.1, 0.15) is 47.2 Å². The normalized spacial score (nSPS) is 18.5. The Labute approximate surface area is 241 Å². The molecule has 1 atom stereocenters. The molecule has 41 heavy (non-hydrogen) atoms. The molecule has 5 aromatic rings. The maximum atomic E-state index is 13.8. The van der Waals surface area contributed by atoms with Gasteiger partial charge in [-0.25, -0.2) is 0 Å². The van der Waals surface area contributed by atoms with Gasteiger partial charge in [0.1, 0.15) is 5.75 Å². The van der Waals surface area contributed by atoms with Crippen molar-refractivity contribution in [2.75, 3.05) is 6.26 Å².